The number of hydrogen-bond acceptors (Lipinski definition) is 4. The molecule has 0 aliphatic carbocycles. The topological polar surface area (TPSA) is 71.3 Å². The summed E-state index contributed by atoms with van der Waals surface area (Å²) in [5.41, 5.74) is 4.24. The van der Waals surface area contributed by atoms with Gasteiger partial charge in [0.25, 0.3) is 0 Å². The van der Waals surface area contributed by atoms with Crippen molar-refractivity contribution in [1.82, 2.24) is 15.0 Å². The summed E-state index contributed by atoms with van der Waals surface area (Å²) in [7, 11) is 0. The summed E-state index contributed by atoms with van der Waals surface area (Å²) < 4.78 is 6.58. The predicted molar refractivity (Wildman–Crippen MR) is 135 cm³/mol. The number of piperidine rings is 1. The minimum absolute atomic E-state index is 0.0375. The van der Waals surface area contributed by atoms with Crippen LogP contribution in [0.25, 0.3) is 11.4 Å². The normalized spacial score (nSPS) is 14.8. The Morgan fingerprint density at radius 3 is 2.21 bits per heavy atom. The second kappa shape index (κ2) is 10.1. The molecule has 1 aliphatic heterocycles. The minimum Gasteiger partial charge on any atom is -0.339 e. The van der Waals surface area contributed by atoms with Crippen LogP contribution >= 0.6 is 15.9 Å². The van der Waals surface area contributed by atoms with E-state index in [1.54, 1.807) is 0 Å². The Labute approximate surface area is 203 Å². The van der Waals surface area contributed by atoms with Crippen LogP contribution < -0.4 is 5.32 Å². The fourth-order valence-electron chi connectivity index (χ4n) is 4.33. The van der Waals surface area contributed by atoms with Crippen LogP contribution in [0, 0.1) is 0 Å². The van der Waals surface area contributed by atoms with Crippen molar-refractivity contribution in [2.75, 3.05) is 18.4 Å². The maximum Gasteiger partial charge on any atom is 0.321 e. The number of benzene rings is 2. The first-order valence-electron chi connectivity index (χ1n) is 11.6. The van der Waals surface area contributed by atoms with Gasteiger partial charge in [0.05, 0.1) is 0 Å². The van der Waals surface area contributed by atoms with Gasteiger partial charge in [0.1, 0.15) is 0 Å². The molecule has 1 aromatic heterocycles. The van der Waals surface area contributed by atoms with Crippen molar-refractivity contribution in [3.8, 4) is 11.4 Å². The summed E-state index contributed by atoms with van der Waals surface area (Å²) in [5, 5.41) is 7.39. The lowest BCUT2D eigenvalue weighted by Gasteiger charge is -2.31. The number of nitrogens with one attached hydrogen (secondary N) is 1. The highest BCUT2D eigenvalue weighted by Crippen LogP contribution is 2.34. The third kappa shape index (κ3) is 5.29. The van der Waals surface area contributed by atoms with Gasteiger partial charge >= 0.3 is 6.03 Å². The number of likely N-dealkylation sites (tertiary alicyclic amines) is 1. The molecule has 1 saturated heterocycles. The van der Waals surface area contributed by atoms with Crippen molar-refractivity contribution >= 4 is 27.6 Å². The third-order valence-corrected chi connectivity index (χ3v) is 6.81. The number of hydrogen-bond donors (Lipinski definition) is 1. The SMILES string of the molecule is CC(C)c1cccc(C(C)C)c1NC(=O)N1CCC(c2nc(-c3ccc(Br)cc3)no2)CC1. The first kappa shape index (κ1) is 23.5. The molecule has 0 bridgehead atoms. The van der Waals surface area contributed by atoms with E-state index in [1.807, 2.05) is 29.2 Å². The molecule has 2 amide bonds. The summed E-state index contributed by atoms with van der Waals surface area (Å²) in [6.07, 6.45) is 1.61. The van der Waals surface area contributed by atoms with E-state index in [1.165, 1.54) is 11.1 Å². The predicted octanol–water partition coefficient (Wildman–Crippen LogP) is 7.16. The van der Waals surface area contributed by atoms with E-state index in [2.05, 4.69) is 77.3 Å². The molecule has 1 aliphatic rings. The monoisotopic (exact) mass is 510 g/mol. The zero-order chi connectivity index (χ0) is 23.5. The molecule has 2 aromatic carbocycles. The average Bonchev–Trinajstić information content (AvgIpc) is 3.29. The van der Waals surface area contributed by atoms with Gasteiger partial charge in [-0.05, 0) is 60.1 Å². The molecule has 4 rings (SSSR count). The van der Waals surface area contributed by atoms with Crippen LogP contribution in [0.2, 0.25) is 0 Å². The van der Waals surface area contributed by atoms with Crippen LogP contribution in [0.1, 0.15) is 75.3 Å². The van der Waals surface area contributed by atoms with Crippen molar-refractivity contribution in [3.05, 3.63) is 64.0 Å². The summed E-state index contributed by atoms with van der Waals surface area (Å²) in [6, 6.07) is 14.1. The van der Waals surface area contributed by atoms with Gasteiger partial charge < -0.3 is 14.7 Å². The van der Waals surface area contributed by atoms with E-state index < -0.39 is 0 Å². The number of urea groups is 1. The number of amides is 2. The lowest BCUT2D eigenvalue weighted by molar-refractivity contribution is 0.187. The molecule has 0 unspecified atom stereocenters. The molecule has 33 heavy (non-hydrogen) atoms. The van der Waals surface area contributed by atoms with E-state index in [0.29, 0.717) is 36.6 Å². The molecule has 3 aromatic rings. The van der Waals surface area contributed by atoms with E-state index in [9.17, 15) is 4.79 Å². The standard InChI is InChI=1S/C26H31BrN4O2/c1-16(2)21-6-5-7-22(17(3)4)23(21)28-26(32)31-14-12-19(13-15-31)25-29-24(30-33-25)18-8-10-20(27)11-9-18/h5-11,16-17,19H,12-15H2,1-4H3,(H,28,32). The quantitative estimate of drug-likeness (QED) is 0.395. The molecule has 1 fully saturated rings. The van der Waals surface area contributed by atoms with E-state index in [-0.39, 0.29) is 11.9 Å². The fraction of sp³-hybridized carbons (Fsp3) is 0.423. The molecule has 2 heterocycles. The number of carbonyl (C=O) groups excluding carboxylic acids is 1. The number of carbonyl (C=O) groups is 1. The molecule has 0 radical (unpaired) electrons. The molecule has 0 atom stereocenters. The van der Waals surface area contributed by atoms with Crippen LogP contribution in [-0.4, -0.2) is 34.2 Å². The van der Waals surface area contributed by atoms with Crippen molar-refractivity contribution < 1.29 is 9.32 Å². The summed E-state index contributed by atoms with van der Waals surface area (Å²) >= 11 is 3.44. The maximum atomic E-state index is 13.1. The maximum absolute atomic E-state index is 13.1. The molecular weight excluding hydrogens is 480 g/mol. The molecule has 1 N–H and O–H groups in total. The first-order chi connectivity index (χ1) is 15.8. The molecule has 0 saturated carbocycles. The molecule has 7 heteroatoms. The van der Waals surface area contributed by atoms with Gasteiger partial charge in [0.2, 0.25) is 11.7 Å². The Balaban J connectivity index is 1.41. The largest absolute Gasteiger partial charge is 0.339 e. The number of nitrogens with zero attached hydrogens (tertiary/aromatic N) is 3. The highest BCUT2D eigenvalue weighted by molar-refractivity contribution is 9.10. The van der Waals surface area contributed by atoms with Gasteiger partial charge in [-0.15, -0.1) is 0 Å². The Bertz CT molecular complexity index is 1070. The number of halogens is 1. The van der Waals surface area contributed by atoms with Gasteiger partial charge in [-0.2, -0.15) is 4.98 Å². The second-order valence-electron chi connectivity index (χ2n) is 9.28. The Morgan fingerprint density at radius 2 is 1.64 bits per heavy atom. The van der Waals surface area contributed by atoms with Gasteiger partial charge in [0.15, 0.2) is 0 Å². The van der Waals surface area contributed by atoms with Crippen LogP contribution in [0.4, 0.5) is 10.5 Å². The smallest absolute Gasteiger partial charge is 0.321 e. The minimum atomic E-state index is -0.0375. The number of rotatable bonds is 5. The third-order valence-electron chi connectivity index (χ3n) is 6.28. The lowest BCUT2D eigenvalue weighted by Crippen LogP contribution is -2.41. The highest BCUT2D eigenvalue weighted by Gasteiger charge is 2.28. The average molecular weight is 511 g/mol. The van der Waals surface area contributed by atoms with Crippen molar-refractivity contribution in [1.29, 1.82) is 0 Å². The Morgan fingerprint density at radius 1 is 1.03 bits per heavy atom. The summed E-state index contributed by atoms with van der Waals surface area (Å²) in [5.74, 6) is 2.09. The van der Waals surface area contributed by atoms with E-state index in [0.717, 1.165) is 28.6 Å². The van der Waals surface area contributed by atoms with E-state index in [4.69, 9.17) is 4.52 Å². The summed E-state index contributed by atoms with van der Waals surface area (Å²) in [4.78, 5) is 19.7. The van der Waals surface area contributed by atoms with Gasteiger partial charge in [-0.1, -0.05) is 67.0 Å². The van der Waals surface area contributed by atoms with Crippen LogP contribution in [-0.2, 0) is 0 Å². The highest BCUT2D eigenvalue weighted by atomic mass is 79.9. The molecule has 0 spiro atoms. The van der Waals surface area contributed by atoms with Crippen LogP contribution in [0.5, 0.6) is 0 Å². The van der Waals surface area contributed by atoms with Crippen molar-refractivity contribution in [3.63, 3.8) is 0 Å². The van der Waals surface area contributed by atoms with Gasteiger partial charge in [0, 0.05) is 34.7 Å². The van der Waals surface area contributed by atoms with Crippen LogP contribution in [0.3, 0.4) is 0 Å². The summed E-state index contributed by atoms with van der Waals surface area (Å²) in [6.45, 7) is 9.96. The second-order valence-corrected chi connectivity index (χ2v) is 10.2. The number of para-hydroxylation sites is 1. The van der Waals surface area contributed by atoms with Crippen LogP contribution in [0.15, 0.2) is 51.5 Å². The lowest BCUT2D eigenvalue weighted by atomic mass is 9.92. The number of anilines is 1. The Kier molecular flexibility index (Phi) is 7.17. The first-order valence-corrected chi connectivity index (χ1v) is 12.4. The molecule has 174 valence electrons. The molecular formula is C26H31BrN4O2. The Hall–Kier alpha value is -2.67. The van der Waals surface area contributed by atoms with Crippen molar-refractivity contribution in [2.45, 2.75) is 58.3 Å². The number of aromatic nitrogens is 2. The van der Waals surface area contributed by atoms with Gasteiger partial charge in [-0.25, -0.2) is 4.79 Å². The van der Waals surface area contributed by atoms with Gasteiger partial charge in [-0.3, -0.25) is 0 Å². The van der Waals surface area contributed by atoms with Crippen molar-refractivity contribution in [2.24, 2.45) is 0 Å². The zero-order valence-electron chi connectivity index (χ0n) is 19.6. The van der Waals surface area contributed by atoms with E-state index >= 15 is 0 Å². The zero-order valence-corrected chi connectivity index (χ0v) is 21.2. The fourth-order valence-corrected chi connectivity index (χ4v) is 4.59. The molecule has 6 nitrogen and oxygen atoms in total.